The number of anilines is 1. The summed E-state index contributed by atoms with van der Waals surface area (Å²) in [7, 11) is 0. The molecule has 16 heavy (non-hydrogen) atoms. The summed E-state index contributed by atoms with van der Waals surface area (Å²) >= 11 is 3.33. The zero-order valence-corrected chi connectivity index (χ0v) is 11.1. The van der Waals surface area contributed by atoms with E-state index in [2.05, 4.69) is 32.7 Å². The average molecular weight is 285 g/mol. The maximum absolute atomic E-state index is 9.32. The van der Waals surface area contributed by atoms with Crippen LogP contribution >= 0.6 is 15.9 Å². The second kappa shape index (κ2) is 5.15. The van der Waals surface area contributed by atoms with Crippen molar-refractivity contribution in [1.29, 1.82) is 0 Å². The van der Waals surface area contributed by atoms with E-state index in [-0.39, 0.29) is 6.61 Å². The maximum atomic E-state index is 9.32. The van der Waals surface area contributed by atoms with Crippen molar-refractivity contribution in [2.24, 2.45) is 5.92 Å². The lowest BCUT2D eigenvalue weighted by atomic mass is 9.98. The van der Waals surface area contributed by atoms with Gasteiger partial charge in [0.2, 0.25) is 0 Å². The van der Waals surface area contributed by atoms with Gasteiger partial charge in [-0.05, 0) is 46.8 Å². The SMILES string of the molecule is CC1CCN(c2ccc(Br)nc2CO)CC1. The second-order valence-corrected chi connectivity index (χ2v) is 5.24. The third kappa shape index (κ3) is 2.55. The van der Waals surface area contributed by atoms with Crippen LogP contribution in [0.1, 0.15) is 25.5 Å². The van der Waals surface area contributed by atoms with Gasteiger partial charge in [0, 0.05) is 13.1 Å². The Morgan fingerprint density at radius 3 is 2.75 bits per heavy atom. The van der Waals surface area contributed by atoms with E-state index in [0.29, 0.717) is 0 Å². The number of aromatic nitrogens is 1. The quantitative estimate of drug-likeness (QED) is 0.848. The average Bonchev–Trinajstić information content (AvgIpc) is 2.30. The molecule has 88 valence electrons. The van der Waals surface area contributed by atoms with Gasteiger partial charge in [-0.15, -0.1) is 0 Å². The highest BCUT2D eigenvalue weighted by molar-refractivity contribution is 9.10. The zero-order chi connectivity index (χ0) is 11.5. The highest BCUT2D eigenvalue weighted by Gasteiger charge is 2.18. The fraction of sp³-hybridized carbons (Fsp3) is 0.583. The second-order valence-electron chi connectivity index (χ2n) is 4.43. The van der Waals surface area contributed by atoms with Crippen molar-refractivity contribution >= 4 is 21.6 Å². The number of aliphatic hydroxyl groups excluding tert-OH is 1. The van der Waals surface area contributed by atoms with Crippen molar-refractivity contribution in [3.8, 4) is 0 Å². The summed E-state index contributed by atoms with van der Waals surface area (Å²) in [6.45, 7) is 4.43. The van der Waals surface area contributed by atoms with E-state index >= 15 is 0 Å². The van der Waals surface area contributed by atoms with Gasteiger partial charge in [-0.2, -0.15) is 0 Å². The smallest absolute Gasteiger partial charge is 0.106 e. The number of hydrogen-bond acceptors (Lipinski definition) is 3. The number of hydrogen-bond donors (Lipinski definition) is 1. The number of pyridine rings is 1. The monoisotopic (exact) mass is 284 g/mol. The molecule has 0 saturated carbocycles. The molecule has 3 nitrogen and oxygen atoms in total. The van der Waals surface area contributed by atoms with E-state index in [4.69, 9.17) is 0 Å². The Kier molecular flexibility index (Phi) is 3.82. The molecule has 0 radical (unpaired) electrons. The van der Waals surface area contributed by atoms with Crippen LogP contribution in [0.25, 0.3) is 0 Å². The largest absolute Gasteiger partial charge is 0.390 e. The van der Waals surface area contributed by atoms with Crippen LogP contribution in [0.15, 0.2) is 16.7 Å². The maximum Gasteiger partial charge on any atom is 0.106 e. The van der Waals surface area contributed by atoms with Crippen molar-refractivity contribution in [3.05, 3.63) is 22.4 Å². The minimum Gasteiger partial charge on any atom is -0.390 e. The number of nitrogens with zero attached hydrogens (tertiary/aromatic N) is 2. The molecule has 1 N–H and O–H groups in total. The Morgan fingerprint density at radius 1 is 1.44 bits per heavy atom. The van der Waals surface area contributed by atoms with Crippen molar-refractivity contribution in [1.82, 2.24) is 4.98 Å². The minimum atomic E-state index is 0.000820. The molecule has 0 spiro atoms. The molecule has 1 aromatic heterocycles. The molecule has 1 aliphatic rings. The van der Waals surface area contributed by atoms with Crippen LogP contribution < -0.4 is 4.90 Å². The van der Waals surface area contributed by atoms with Gasteiger partial charge in [-0.1, -0.05) is 6.92 Å². The van der Waals surface area contributed by atoms with E-state index < -0.39 is 0 Å². The molecule has 1 saturated heterocycles. The molecule has 1 fully saturated rings. The van der Waals surface area contributed by atoms with E-state index in [9.17, 15) is 5.11 Å². The number of halogens is 1. The molecule has 0 amide bonds. The number of rotatable bonds is 2. The lowest BCUT2D eigenvalue weighted by Crippen LogP contribution is -2.33. The number of piperidine rings is 1. The fourth-order valence-electron chi connectivity index (χ4n) is 2.12. The summed E-state index contributed by atoms with van der Waals surface area (Å²) in [5, 5.41) is 9.32. The Balaban J connectivity index is 2.19. The fourth-order valence-corrected chi connectivity index (χ4v) is 2.47. The first kappa shape index (κ1) is 11.9. The van der Waals surface area contributed by atoms with Gasteiger partial charge in [0.15, 0.2) is 0 Å². The predicted octanol–water partition coefficient (Wildman–Crippen LogP) is 2.57. The van der Waals surface area contributed by atoms with Gasteiger partial charge < -0.3 is 10.0 Å². The summed E-state index contributed by atoms with van der Waals surface area (Å²) < 4.78 is 0.783. The minimum absolute atomic E-state index is 0.000820. The van der Waals surface area contributed by atoms with Crippen LogP contribution in [-0.4, -0.2) is 23.2 Å². The van der Waals surface area contributed by atoms with Crippen LogP contribution in [0.4, 0.5) is 5.69 Å². The zero-order valence-electron chi connectivity index (χ0n) is 9.49. The van der Waals surface area contributed by atoms with Gasteiger partial charge in [0.05, 0.1) is 18.0 Å². The molecular formula is C12H17BrN2O. The first-order valence-corrected chi connectivity index (χ1v) is 6.51. The summed E-state index contributed by atoms with van der Waals surface area (Å²) in [6.07, 6.45) is 2.45. The van der Waals surface area contributed by atoms with E-state index in [1.165, 1.54) is 12.8 Å². The van der Waals surface area contributed by atoms with Crippen molar-refractivity contribution in [2.45, 2.75) is 26.4 Å². The molecule has 0 atom stereocenters. The van der Waals surface area contributed by atoms with Gasteiger partial charge in [-0.25, -0.2) is 4.98 Å². The Labute approximate surface area is 105 Å². The lowest BCUT2D eigenvalue weighted by molar-refractivity contribution is 0.276. The van der Waals surface area contributed by atoms with E-state index in [1.807, 2.05) is 12.1 Å². The summed E-state index contributed by atoms with van der Waals surface area (Å²) in [5.74, 6) is 0.817. The summed E-state index contributed by atoms with van der Waals surface area (Å²) in [5.41, 5.74) is 1.85. The Morgan fingerprint density at radius 2 is 2.12 bits per heavy atom. The van der Waals surface area contributed by atoms with E-state index in [1.54, 1.807) is 0 Å². The first-order chi connectivity index (χ1) is 7.70. The molecule has 4 heteroatoms. The van der Waals surface area contributed by atoms with Crippen LogP contribution in [0.5, 0.6) is 0 Å². The summed E-state index contributed by atoms with van der Waals surface area (Å²) in [4.78, 5) is 6.64. The topological polar surface area (TPSA) is 36.4 Å². The molecule has 0 aromatic carbocycles. The molecule has 0 aliphatic carbocycles. The van der Waals surface area contributed by atoms with Crippen LogP contribution in [0, 0.1) is 5.92 Å². The Hall–Kier alpha value is -0.610. The highest BCUT2D eigenvalue weighted by atomic mass is 79.9. The standard InChI is InChI=1S/C12H17BrN2O/c1-9-4-6-15(7-5-9)11-2-3-12(13)14-10(11)8-16/h2-3,9,16H,4-8H2,1H3. The van der Waals surface area contributed by atoms with Crippen molar-refractivity contribution in [2.75, 3.05) is 18.0 Å². The van der Waals surface area contributed by atoms with Crippen LogP contribution in [0.3, 0.4) is 0 Å². The first-order valence-electron chi connectivity index (χ1n) is 5.72. The molecule has 0 unspecified atom stereocenters. The molecule has 2 rings (SSSR count). The Bertz CT molecular complexity index is 362. The van der Waals surface area contributed by atoms with Crippen molar-refractivity contribution in [3.63, 3.8) is 0 Å². The molecule has 1 aromatic rings. The molecule has 0 bridgehead atoms. The van der Waals surface area contributed by atoms with Crippen LogP contribution in [-0.2, 0) is 6.61 Å². The van der Waals surface area contributed by atoms with Gasteiger partial charge >= 0.3 is 0 Å². The molecule has 1 aliphatic heterocycles. The highest BCUT2D eigenvalue weighted by Crippen LogP contribution is 2.26. The van der Waals surface area contributed by atoms with Crippen LogP contribution in [0.2, 0.25) is 0 Å². The molecular weight excluding hydrogens is 268 g/mol. The third-order valence-corrected chi connectivity index (χ3v) is 3.63. The molecule has 2 heterocycles. The van der Waals surface area contributed by atoms with Gasteiger partial charge in [0.1, 0.15) is 4.60 Å². The predicted molar refractivity (Wildman–Crippen MR) is 68.5 cm³/mol. The third-order valence-electron chi connectivity index (χ3n) is 3.19. The van der Waals surface area contributed by atoms with E-state index in [0.717, 1.165) is 35.0 Å². The normalized spacial score (nSPS) is 17.8. The summed E-state index contributed by atoms with van der Waals surface area (Å²) in [6, 6.07) is 3.98. The van der Waals surface area contributed by atoms with Gasteiger partial charge in [-0.3, -0.25) is 0 Å². The van der Waals surface area contributed by atoms with Gasteiger partial charge in [0.25, 0.3) is 0 Å². The lowest BCUT2D eigenvalue weighted by Gasteiger charge is -2.33. The number of aliphatic hydroxyl groups is 1. The van der Waals surface area contributed by atoms with Crippen molar-refractivity contribution < 1.29 is 5.11 Å².